The van der Waals surface area contributed by atoms with E-state index in [1.165, 1.54) is 16.4 Å². The maximum Gasteiger partial charge on any atom is 0.328 e. The first-order chi connectivity index (χ1) is 17.6. The van der Waals surface area contributed by atoms with Crippen LogP contribution in [0.5, 0.6) is 5.75 Å². The SMILES string of the molecule is Cc1ccc(S(=O)(=O)N(CC(C)C)c2cc3ccccc3cc2OCc2ccc(/C=C/C(=O)O)cc2)o1. The lowest BCUT2D eigenvalue weighted by Crippen LogP contribution is -2.34. The molecule has 0 fully saturated rings. The van der Waals surface area contributed by atoms with Crippen molar-refractivity contribution in [2.45, 2.75) is 32.5 Å². The molecule has 0 spiro atoms. The number of hydrogen-bond donors (Lipinski definition) is 1. The van der Waals surface area contributed by atoms with Crippen LogP contribution in [0.3, 0.4) is 0 Å². The smallest absolute Gasteiger partial charge is 0.328 e. The van der Waals surface area contributed by atoms with E-state index in [9.17, 15) is 13.2 Å². The zero-order valence-electron chi connectivity index (χ0n) is 20.9. The Bertz CT molecular complexity index is 1530. The number of anilines is 1. The summed E-state index contributed by atoms with van der Waals surface area (Å²) in [7, 11) is -3.99. The Labute approximate surface area is 216 Å². The van der Waals surface area contributed by atoms with Gasteiger partial charge < -0.3 is 14.3 Å². The zero-order valence-corrected chi connectivity index (χ0v) is 21.7. The van der Waals surface area contributed by atoms with E-state index in [-0.39, 0.29) is 24.2 Å². The number of aryl methyl sites for hydroxylation is 1. The molecule has 0 aliphatic rings. The molecule has 0 saturated heterocycles. The highest BCUT2D eigenvalue weighted by atomic mass is 32.2. The van der Waals surface area contributed by atoms with Crippen molar-refractivity contribution in [3.05, 3.63) is 95.8 Å². The predicted molar refractivity (Wildman–Crippen MR) is 144 cm³/mol. The Balaban J connectivity index is 1.73. The van der Waals surface area contributed by atoms with Gasteiger partial charge in [0.2, 0.25) is 5.09 Å². The van der Waals surface area contributed by atoms with Crippen LogP contribution in [-0.4, -0.2) is 26.0 Å². The fraction of sp³-hybridized carbons (Fsp3) is 0.207. The van der Waals surface area contributed by atoms with Crippen molar-refractivity contribution in [3.8, 4) is 5.75 Å². The maximum atomic E-state index is 13.7. The Hall–Kier alpha value is -4.04. The second-order valence-corrected chi connectivity index (χ2v) is 11.0. The van der Waals surface area contributed by atoms with Gasteiger partial charge in [0.15, 0.2) is 0 Å². The van der Waals surface area contributed by atoms with Gasteiger partial charge in [-0.15, -0.1) is 0 Å². The third-order valence-electron chi connectivity index (χ3n) is 5.68. The summed E-state index contributed by atoms with van der Waals surface area (Å²) in [5.41, 5.74) is 2.04. The van der Waals surface area contributed by atoms with Gasteiger partial charge in [-0.05, 0) is 65.1 Å². The molecule has 1 N–H and O–H groups in total. The zero-order chi connectivity index (χ0) is 26.6. The van der Waals surface area contributed by atoms with Gasteiger partial charge in [-0.3, -0.25) is 4.31 Å². The summed E-state index contributed by atoms with van der Waals surface area (Å²) in [4.78, 5) is 10.7. The van der Waals surface area contributed by atoms with E-state index >= 15 is 0 Å². The molecule has 1 aromatic heterocycles. The molecule has 0 aliphatic carbocycles. The number of aliphatic carboxylic acids is 1. The van der Waals surface area contributed by atoms with Crippen LogP contribution >= 0.6 is 0 Å². The van der Waals surface area contributed by atoms with E-state index in [1.807, 2.05) is 62.4 Å². The van der Waals surface area contributed by atoms with E-state index in [0.29, 0.717) is 17.2 Å². The van der Waals surface area contributed by atoms with Crippen LogP contribution in [-0.2, 0) is 21.4 Å². The van der Waals surface area contributed by atoms with Gasteiger partial charge in [0.1, 0.15) is 18.1 Å². The fourth-order valence-electron chi connectivity index (χ4n) is 3.89. The average molecular weight is 520 g/mol. The number of fused-ring (bicyclic) bond motifs is 1. The van der Waals surface area contributed by atoms with Crippen molar-refractivity contribution in [2.75, 3.05) is 10.8 Å². The minimum atomic E-state index is -3.99. The highest BCUT2D eigenvalue weighted by Gasteiger charge is 2.31. The lowest BCUT2D eigenvalue weighted by molar-refractivity contribution is -0.131. The third kappa shape index (κ3) is 6.21. The number of carboxylic acid groups (broad SMARTS) is 1. The molecule has 4 rings (SSSR count). The average Bonchev–Trinajstić information content (AvgIpc) is 3.32. The number of carbonyl (C=O) groups is 1. The maximum absolute atomic E-state index is 13.7. The molecule has 37 heavy (non-hydrogen) atoms. The number of hydrogen-bond acceptors (Lipinski definition) is 5. The highest BCUT2D eigenvalue weighted by molar-refractivity contribution is 7.92. The molecule has 4 aromatic rings. The van der Waals surface area contributed by atoms with Crippen molar-refractivity contribution in [3.63, 3.8) is 0 Å². The summed E-state index contributed by atoms with van der Waals surface area (Å²) < 4.78 is 40.5. The van der Waals surface area contributed by atoms with Crippen molar-refractivity contribution in [1.29, 1.82) is 0 Å². The number of sulfonamides is 1. The summed E-state index contributed by atoms with van der Waals surface area (Å²) in [5, 5.41) is 10.5. The van der Waals surface area contributed by atoms with Gasteiger partial charge in [-0.1, -0.05) is 62.4 Å². The largest absolute Gasteiger partial charge is 0.487 e. The fourth-order valence-corrected chi connectivity index (χ4v) is 5.48. The van der Waals surface area contributed by atoms with Crippen molar-refractivity contribution in [2.24, 2.45) is 5.92 Å². The van der Waals surface area contributed by atoms with E-state index in [0.717, 1.165) is 28.0 Å². The van der Waals surface area contributed by atoms with Gasteiger partial charge in [-0.2, -0.15) is 8.42 Å². The Morgan fingerprint density at radius 1 is 1.03 bits per heavy atom. The van der Waals surface area contributed by atoms with Crippen molar-refractivity contribution < 1.29 is 27.5 Å². The summed E-state index contributed by atoms with van der Waals surface area (Å²) in [6, 6.07) is 21.8. The number of ether oxygens (including phenoxy) is 1. The van der Waals surface area contributed by atoms with Gasteiger partial charge in [-0.25, -0.2) is 4.79 Å². The number of furan rings is 1. The molecule has 192 valence electrons. The highest BCUT2D eigenvalue weighted by Crippen LogP contribution is 2.37. The van der Waals surface area contributed by atoms with Crippen LogP contribution in [0.15, 0.2) is 88.4 Å². The molecular weight excluding hydrogens is 490 g/mol. The van der Waals surface area contributed by atoms with Crippen LogP contribution in [0.1, 0.15) is 30.7 Å². The molecule has 8 heteroatoms. The molecule has 0 bridgehead atoms. The molecule has 3 aromatic carbocycles. The van der Waals surface area contributed by atoms with E-state index in [4.69, 9.17) is 14.3 Å². The predicted octanol–water partition coefficient (Wildman–Crippen LogP) is 6.27. The normalized spacial score (nSPS) is 11.9. The number of nitrogens with zero attached hydrogens (tertiary/aromatic N) is 1. The Morgan fingerprint density at radius 2 is 1.70 bits per heavy atom. The molecule has 7 nitrogen and oxygen atoms in total. The standard InChI is InChI=1S/C29H29NO6S/c1-20(2)18-30(37(33,34)29-15-8-21(3)36-29)26-16-24-6-4-5-7-25(24)17-27(26)35-19-23-11-9-22(10-12-23)13-14-28(31)32/h4-17,20H,18-19H2,1-3H3,(H,31,32)/b14-13+. The van der Waals surface area contributed by atoms with Gasteiger partial charge in [0, 0.05) is 12.6 Å². The first kappa shape index (κ1) is 26.0. The molecular formula is C29H29NO6S. The monoisotopic (exact) mass is 519 g/mol. The van der Waals surface area contributed by atoms with Crippen LogP contribution in [0.4, 0.5) is 5.69 Å². The lowest BCUT2D eigenvalue weighted by atomic mass is 10.1. The van der Waals surface area contributed by atoms with Gasteiger partial charge in [0.25, 0.3) is 10.0 Å². The molecule has 0 saturated carbocycles. The molecule has 0 radical (unpaired) electrons. The van der Waals surface area contributed by atoms with Gasteiger partial charge >= 0.3 is 5.97 Å². The van der Waals surface area contributed by atoms with Crippen molar-refractivity contribution in [1.82, 2.24) is 0 Å². The minimum Gasteiger partial charge on any atom is -0.487 e. The topological polar surface area (TPSA) is 97.0 Å². The molecule has 0 amide bonds. The Kier molecular flexibility index (Phi) is 7.69. The third-order valence-corrected chi connectivity index (χ3v) is 7.33. The summed E-state index contributed by atoms with van der Waals surface area (Å²) in [5.74, 6) is -0.0285. The van der Waals surface area contributed by atoms with E-state index in [1.54, 1.807) is 25.1 Å². The minimum absolute atomic E-state index is 0.0385. The lowest BCUT2D eigenvalue weighted by Gasteiger charge is -2.27. The number of benzene rings is 3. The first-order valence-electron chi connectivity index (χ1n) is 11.9. The second-order valence-electron chi connectivity index (χ2n) is 9.16. The van der Waals surface area contributed by atoms with E-state index in [2.05, 4.69) is 0 Å². The molecule has 0 aliphatic heterocycles. The second kappa shape index (κ2) is 10.9. The Morgan fingerprint density at radius 3 is 2.30 bits per heavy atom. The van der Waals surface area contributed by atoms with Crippen LogP contribution in [0.2, 0.25) is 0 Å². The number of rotatable bonds is 10. The molecule has 0 unspecified atom stereocenters. The summed E-state index contributed by atoms with van der Waals surface area (Å²) in [6.45, 7) is 6.06. The summed E-state index contributed by atoms with van der Waals surface area (Å²) in [6.07, 6.45) is 2.59. The van der Waals surface area contributed by atoms with Gasteiger partial charge in [0.05, 0.1) is 5.69 Å². The summed E-state index contributed by atoms with van der Waals surface area (Å²) >= 11 is 0. The molecule has 0 atom stereocenters. The number of carboxylic acids is 1. The van der Waals surface area contributed by atoms with Crippen LogP contribution in [0.25, 0.3) is 16.8 Å². The van der Waals surface area contributed by atoms with Crippen LogP contribution < -0.4 is 9.04 Å². The first-order valence-corrected chi connectivity index (χ1v) is 13.3. The van der Waals surface area contributed by atoms with E-state index < -0.39 is 16.0 Å². The molecule has 1 heterocycles. The van der Waals surface area contributed by atoms with Crippen LogP contribution in [0, 0.1) is 12.8 Å². The van der Waals surface area contributed by atoms with Crippen molar-refractivity contribution >= 4 is 38.5 Å². The quantitative estimate of drug-likeness (QED) is 0.248.